The summed E-state index contributed by atoms with van der Waals surface area (Å²) in [5, 5.41) is 0. The monoisotopic (exact) mass is 240 g/mol. The van der Waals surface area contributed by atoms with E-state index in [4.69, 9.17) is 4.74 Å². The van der Waals surface area contributed by atoms with Gasteiger partial charge in [0.2, 0.25) is 9.84 Å². The Bertz CT molecular complexity index is 439. The first-order valence-electron chi connectivity index (χ1n) is 5.55. The number of ether oxygens (including phenoxy) is 1. The molecule has 0 amide bonds. The molecule has 1 saturated heterocycles. The molecule has 0 bridgehead atoms. The van der Waals surface area contributed by atoms with Crippen molar-refractivity contribution in [3.63, 3.8) is 0 Å². The maximum Gasteiger partial charge on any atom is 0.205 e. The highest BCUT2D eigenvalue weighted by Gasteiger charge is 2.32. The lowest BCUT2D eigenvalue weighted by molar-refractivity contribution is 0.00285. The van der Waals surface area contributed by atoms with E-state index in [1.807, 2.05) is 13.0 Å². The van der Waals surface area contributed by atoms with Gasteiger partial charge in [-0.3, -0.25) is 0 Å². The van der Waals surface area contributed by atoms with Crippen molar-refractivity contribution < 1.29 is 13.2 Å². The molecule has 4 heteroatoms. The Morgan fingerprint density at radius 2 is 1.88 bits per heavy atom. The van der Waals surface area contributed by atoms with Crippen molar-refractivity contribution >= 4 is 9.84 Å². The van der Waals surface area contributed by atoms with Crippen LogP contribution in [0.1, 0.15) is 26.2 Å². The van der Waals surface area contributed by atoms with Crippen molar-refractivity contribution in [2.45, 2.75) is 42.6 Å². The fourth-order valence-electron chi connectivity index (χ4n) is 1.96. The second-order valence-electron chi connectivity index (χ2n) is 4.17. The van der Waals surface area contributed by atoms with Crippen LogP contribution in [-0.2, 0) is 14.6 Å². The van der Waals surface area contributed by atoms with Crippen molar-refractivity contribution in [3.8, 4) is 0 Å². The molecule has 1 fully saturated rings. The molecule has 1 aliphatic heterocycles. The third kappa shape index (κ3) is 2.28. The Kier molecular flexibility index (Phi) is 3.30. The van der Waals surface area contributed by atoms with Crippen LogP contribution in [0, 0.1) is 0 Å². The van der Waals surface area contributed by atoms with Gasteiger partial charge in [0.05, 0.1) is 11.0 Å². The molecule has 0 aliphatic carbocycles. The van der Waals surface area contributed by atoms with Crippen LogP contribution in [0.4, 0.5) is 0 Å². The fourth-order valence-corrected chi connectivity index (χ4v) is 3.61. The minimum Gasteiger partial charge on any atom is -0.359 e. The SMILES string of the molecule is C[C@H]1CCC[C@@H](S(=O)(=O)c2ccccc2)O1. The van der Waals surface area contributed by atoms with Gasteiger partial charge < -0.3 is 4.74 Å². The second-order valence-corrected chi connectivity index (χ2v) is 6.25. The molecule has 88 valence electrons. The molecule has 16 heavy (non-hydrogen) atoms. The Morgan fingerprint density at radius 1 is 1.19 bits per heavy atom. The highest BCUT2D eigenvalue weighted by atomic mass is 32.2. The van der Waals surface area contributed by atoms with E-state index < -0.39 is 15.3 Å². The minimum absolute atomic E-state index is 0.0391. The van der Waals surface area contributed by atoms with E-state index in [9.17, 15) is 8.42 Å². The third-order valence-electron chi connectivity index (χ3n) is 2.85. The molecule has 0 spiro atoms. The van der Waals surface area contributed by atoms with Gasteiger partial charge in [0.15, 0.2) is 5.44 Å². The number of benzene rings is 1. The lowest BCUT2D eigenvalue weighted by atomic mass is 10.1. The van der Waals surface area contributed by atoms with Crippen LogP contribution in [-0.4, -0.2) is 20.0 Å². The van der Waals surface area contributed by atoms with E-state index in [1.54, 1.807) is 24.3 Å². The van der Waals surface area contributed by atoms with Crippen LogP contribution in [0.3, 0.4) is 0 Å². The van der Waals surface area contributed by atoms with Gasteiger partial charge in [-0.1, -0.05) is 18.2 Å². The van der Waals surface area contributed by atoms with Gasteiger partial charge in [-0.25, -0.2) is 8.42 Å². The average molecular weight is 240 g/mol. The molecule has 3 nitrogen and oxygen atoms in total. The van der Waals surface area contributed by atoms with Crippen molar-refractivity contribution in [1.29, 1.82) is 0 Å². The third-order valence-corrected chi connectivity index (χ3v) is 4.82. The van der Waals surface area contributed by atoms with Gasteiger partial charge in [-0.2, -0.15) is 0 Å². The van der Waals surface area contributed by atoms with Crippen LogP contribution < -0.4 is 0 Å². The molecule has 2 rings (SSSR count). The van der Waals surface area contributed by atoms with Crippen LogP contribution in [0.5, 0.6) is 0 Å². The summed E-state index contributed by atoms with van der Waals surface area (Å²) in [5.74, 6) is 0. The molecule has 0 radical (unpaired) electrons. The first kappa shape index (κ1) is 11.6. The summed E-state index contributed by atoms with van der Waals surface area (Å²) in [5.41, 5.74) is -0.668. The molecule has 0 unspecified atom stereocenters. The number of hydrogen-bond donors (Lipinski definition) is 0. The highest BCUT2D eigenvalue weighted by Crippen LogP contribution is 2.27. The minimum atomic E-state index is -3.32. The van der Waals surface area contributed by atoms with Gasteiger partial charge in [-0.05, 0) is 38.3 Å². The zero-order valence-electron chi connectivity index (χ0n) is 9.30. The van der Waals surface area contributed by atoms with Crippen molar-refractivity contribution in [1.82, 2.24) is 0 Å². The van der Waals surface area contributed by atoms with Gasteiger partial charge in [-0.15, -0.1) is 0 Å². The van der Waals surface area contributed by atoms with Crippen LogP contribution in [0.25, 0.3) is 0 Å². The quantitative estimate of drug-likeness (QED) is 0.797. The summed E-state index contributed by atoms with van der Waals surface area (Å²) in [7, 11) is -3.32. The first-order chi connectivity index (χ1) is 7.60. The summed E-state index contributed by atoms with van der Waals surface area (Å²) in [6.45, 7) is 1.92. The Morgan fingerprint density at radius 3 is 2.50 bits per heavy atom. The molecule has 0 N–H and O–H groups in total. The predicted octanol–water partition coefficient (Wildman–Crippen LogP) is 2.38. The molecule has 1 aromatic rings. The molecular weight excluding hydrogens is 224 g/mol. The largest absolute Gasteiger partial charge is 0.359 e. The summed E-state index contributed by atoms with van der Waals surface area (Å²) in [6.07, 6.45) is 2.50. The number of hydrogen-bond acceptors (Lipinski definition) is 3. The predicted molar refractivity (Wildman–Crippen MR) is 61.8 cm³/mol. The summed E-state index contributed by atoms with van der Waals surface area (Å²) in [4.78, 5) is 0.356. The summed E-state index contributed by atoms with van der Waals surface area (Å²) < 4.78 is 29.9. The smallest absolute Gasteiger partial charge is 0.205 e. The zero-order valence-corrected chi connectivity index (χ0v) is 10.1. The van der Waals surface area contributed by atoms with Crippen molar-refractivity contribution in [2.75, 3.05) is 0 Å². The van der Waals surface area contributed by atoms with Gasteiger partial charge in [0.1, 0.15) is 0 Å². The normalized spacial score (nSPS) is 26.6. The number of rotatable bonds is 2. The van der Waals surface area contributed by atoms with E-state index in [0.717, 1.165) is 12.8 Å². The molecule has 2 atom stereocenters. The summed E-state index contributed by atoms with van der Waals surface area (Å²) >= 11 is 0. The fraction of sp³-hybridized carbons (Fsp3) is 0.500. The van der Waals surface area contributed by atoms with Crippen molar-refractivity contribution in [3.05, 3.63) is 30.3 Å². The van der Waals surface area contributed by atoms with E-state index >= 15 is 0 Å². The zero-order chi connectivity index (χ0) is 11.6. The van der Waals surface area contributed by atoms with Gasteiger partial charge in [0.25, 0.3) is 0 Å². The molecule has 1 aromatic carbocycles. The van der Waals surface area contributed by atoms with Crippen LogP contribution in [0.2, 0.25) is 0 Å². The van der Waals surface area contributed by atoms with Gasteiger partial charge in [0, 0.05) is 0 Å². The van der Waals surface area contributed by atoms with E-state index in [2.05, 4.69) is 0 Å². The Labute approximate surface area is 96.4 Å². The van der Waals surface area contributed by atoms with E-state index in [1.165, 1.54) is 0 Å². The van der Waals surface area contributed by atoms with E-state index in [0.29, 0.717) is 11.3 Å². The standard InChI is InChI=1S/C12H16O3S/c1-10-6-5-9-12(15-10)16(13,14)11-7-3-2-4-8-11/h2-4,7-8,10,12H,5-6,9H2,1H3/t10-,12+/m0/s1. The molecule has 1 aliphatic rings. The lowest BCUT2D eigenvalue weighted by Gasteiger charge is -2.27. The highest BCUT2D eigenvalue weighted by molar-refractivity contribution is 7.91. The molecule has 0 aromatic heterocycles. The Balaban J connectivity index is 2.26. The average Bonchev–Trinajstić information content (AvgIpc) is 2.30. The topological polar surface area (TPSA) is 43.4 Å². The number of sulfone groups is 1. The van der Waals surface area contributed by atoms with Crippen LogP contribution in [0.15, 0.2) is 35.2 Å². The maximum atomic E-state index is 12.2. The van der Waals surface area contributed by atoms with Crippen LogP contribution >= 0.6 is 0 Å². The van der Waals surface area contributed by atoms with E-state index in [-0.39, 0.29) is 6.10 Å². The molecule has 1 heterocycles. The summed E-state index contributed by atoms with van der Waals surface area (Å²) in [6, 6.07) is 8.53. The molecule has 0 saturated carbocycles. The maximum absolute atomic E-state index is 12.2. The molecular formula is C12H16O3S. The Hall–Kier alpha value is -0.870. The second kappa shape index (κ2) is 4.55. The lowest BCUT2D eigenvalue weighted by Crippen LogP contribution is -2.32. The first-order valence-corrected chi connectivity index (χ1v) is 7.10. The van der Waals surface area contributed by atoms with Gasteiger partial charge >= 0.3 is 0 Å². The van der Waals surface area contributed by atoms with Crippen molar-refractivity contribution in [2.24, 2.45) is 0 Å².